The number of carbonyl (C=O) groups excluding carboxylic acids is 1. The molecule has 2 aromatic heterocycles. The topological polar surface area (TPSA) is 138 Å². The lowest BCUT2D eigenvalue weighted by molar-refractivity contribution is 0.0685. The van der Waals surface area contributed by atoms with Gasteiger partial charge < -0.3 is 19.9 Å². The third-order valence-electron chi connectivity index (χ3n) is 3.89. The number of rotatable bonds is 4. The number of phenolic OH excluding ortho intramolecular Hbond substituents is 1. The minimum Gasteiger partial charge on any atom is -0.507 e. The maximum Gasteiger partial charge on any atom is 0.356 e. The minimum absolute atomic E-state index is 0.0877. The number of hydrogen-bond acceptors (Lipinski definition) is 7. The number of nitrogens with one attached hydrogen (secondary N) is 1. The Morgan fingerprint density at radius 1 is 1.00 bits per heavy atom. The van der Waals surface area contributed by atoms with E-state index in [0.29, 0.717) is 16.8 Å². The Morgan fingerprint density at radius 2 is 1.75 bits per heavy atom. The number of hydrogen-bond donors (Lipinski definition) is 3. The molecule has 0 aliphatic carbocycles. The second kappa shape index (κ2) is 6.80. The highest BCUT2D eigenvalue weighted by molar-refractivity contribution is 6.08. The average molecular weight is 376 g/mol. The van der Waals surface area contributed by atoms with Crippen LogP contribution in [0.2, 0.25) is 0 Å². The van der Waals surface area contributed by atoms with E-state index in [1.54, 1.807) is 18.2 Å². The second-order valence-corrected chi connectivity index (χ2v) is 5.73. The molecule has 0 radical (unpaired) electrons. The number of benzene rings is 2. The quantitative estimate of drug-likeness (QED) is 0.462. The number of phenols is 1. The number of anilines is 1. The van der Waals surface area contributed by atoms with Crippen molar-refractivity contribution < 1.29 is 24.2 Å². The van der Waals surface area contributed by atoms with Crippen LogP contribution in [0.15, 0.2) is 59.3 Å². The normalized spacial score (nSPS) is 10.7. The van der Waals surface area contributed by atoms with E-state index in [2.05, 4.69) is 20.3 Å². The highest BCUT2D eigenvalue weighted by Gasteiger charge is 2.20. The molecule has 0 aliphatic heterocycles. The number of aromatic hydroxyl groups is 1. The summed E-state index contributed by atoms with van der Waals surface area (Å²) in [4.78, 5) is 35.4. The van der Waals surface area contributed by atoms with Crippen LogP contribution in [-0.4, -0.2) is 37.0 Å². The van der Waals surface area contributed by atoms with Crippen LogP contribution in [0.5, 0.6) is 5.75 Å². The van der Waals surface area contributed by atoms with Crippen LogP contribution in [0.1, 0.15) is 21.0 Å². The van der Waals surface area contributed by atoms with E-state index in [0.717, 1.165) is 0 Å². The molecule has 2 aromatic carbocycles. The van der Waals surface area contributed by atoms with Crippen LogP contribution in [-0.2, 0) is 0 Å². The molecule has 9 nitrogen and oxygen atoms in total. The SMILES string of the molecule is O=C(O)c1nccnc1C(=O)Nc1ccc(O)c(-c2nc3ccccc3o2)c1. The maximum absolute atomic E-state index is 12.4. The molecule has 4 rings (SSSR count). The molecule has 4 aromatic rings. The average Bonchev–Trinajstić information content (AvgIpc) is 3.13. The van der Waals surface area contributed by atoms with Gasteiger partial charge in [-0.15, -0.1) is 0 Å². The molecule has 9 heteroatoms. The Balaban J connectivity index is 1.68. The summed E-state index contributed by atoms with van der Waals surface area (Å²) in [6.45, 7) is 0. The van der Waals surface area contributed by atoms with Crippen molar-refractivity contribution in [2.45, 2.75) is 0 Å². The smallest absolute Gasteiger partial charge is 0.356 e. The summed E-state index contributed by atoms with van der Waals surface area (Å²) in [6, 6.07) is 11.4. The van der Waals surface area contributed by atoms with E-state index in [1.807, 2.05) is 6.07 Å². The van der Waals surface area contributed by atoms with Crippen molar-refractivity contribution in [3.8, 4) is 17.2 Å². The lowest BCUT2D eigenvalue weighted by Crippen LogP contribution is -2.19. The molecule has 0 fully saturated rings. The van der Waals surface area contributed by atoms with Gasteiger partial charge in [0.05, 0.1) is 5.56 Å². The molecule has 0 saturated heterocycles. The van der Waals surface area contributed by atoms with Crippen molar-refractivity contribution in [1.29, 1.82) is 0 Å². The lowest BCUT2D eigenvalue weighted by atomic mass is 10.1. The fourth-order valence-electron chi connectivity index (χ4n) is 2.62. The number of carboxylic acid groups (broad SMARTS) is 1. The summed E-state index contributed by atoms with van der Waals surface area (Å²) in [6.07, 6.45) is 2.41. The van der Waals surface area contributed by atoms with E-state index < -0.39 is 17.6 Å². The fourth-order valence-corrected chi connectivity index (χ4v) is 2.62. The first-order valence-electron chi connectivity index (χ1n) is 8.07. The first kappa shape index (κ1) is 17.2. The Bertz CT molecular complexity index is 1180. The van der Waals surface area contributed by atoms with Gasteiger partial charge in [-0.3, -0.25) is 4.79 Å². The van der Waals surface area contributed by atoms with Gasteiger partial charge in [0.15, 0.2) is 17.0 Å². The van der Waals surface area contributed by atoms with E-state index in [4.69, 9.17) is 9.52 Å². The number of aromatic carboxylic acids is 1. The highest BCUT2D eigenvalue weighted by Crippen LogP contribution is 2.33. The van der Waals surface area contributed by atoms with Gasteiger partial charge in [0.1, 0.15) is 11.3 Å². The van der Waals surface area contributed by atoms with Gasteiger partial charge in [0.25, 0.3) is 5.91 Å². The number of nitrogens with zero attached hydrogens (tertiary/aromatic N) is 3. The Labute approximate surface area is 157 Å². The first-order valence-corrected chi connectivity index (χ1v) is 8.07. The van der Waals surface area contributed by atoms with E-state index in [1.165, 1.54) is 30.6 Å². The number of aromatic nitrogens is 3. The van der Waals surface area contributed by atoms with Crippen molar-refractivity contribution in [1.82, 2.24) is 15.0 Å². The van der Waals surface area contributed by atoms with Gasteiger partial charge in [-0.05, 0) is 30.3 Å². The van der Waals surface area contributed by atoms with Gasteiger partial charge in [-0.25, -0.2) is 19.7 Å². The number of amides is 1. The highest BCUT2D eigenvalue weighted by atomic mass is 16.4. The molecule has 0 aliphatic rings. The van der Waals surface area contributed by atoms with Crippen molar-refractivity contribution in [2.75, 3.05) is 5.32 Å². The van der Waals surface area contributed by atoms with Gasteiger partial charge in [-0.2, -0.15) is 0 Å². The molecule has 0 spiro atoms. The van der Waals surface area contributed by atoms with Crippen LogP contribution in [0.3, 0.4) is 0 Å². The van der Waals surface area contributed by atoms with Gasteiger partial charge in [0.2, 0.25) is 5.89 Å². The molecule has 0 atom stereocenters. The zero-order valence-electron chi connectivity index (χ0n) is 14.2. The van der Waals surface area contributed by atoms with Crippen molar-refractivity contribution in [3.05, 3.63) is 66.2 Å². The standard InChI is InChI=1S/C19H12N4O5/c24-13-6-5-10(22-17(25)15-16(19(26)27)21-8-7-20-15)9-11(13)18-23-12-3-1-2-4-14(12)28-18/h1-9,24H,(H,22,25)(H,26,27). The summed E-state index contributed by atoms with van der Waals surface area (Å²) in [7, 11) is 0. The van der Waals surface area contributed by atoms with Crippen molar-refractivity contribution >= 4 is 28.7 Å². The third-order valence-corrected chi connectivity index (χ3v) is 3.89. The van der Waals surface area contributed by atoms with E-state index >= 15 is 0 Å². The Morgan fingerprint density at radius 3 is 2.50 bits per heavy atom. The van der Waals surface area contributed by atoms with Crippen LogP contribution >= 0.6 is 0 Å². The number of oxazole rings is 1. The Kier molecular flexibility index (Phi) is 4.17. The lowest BCUT2D eigenvalue weighted by Gasteiger charge is -2.08. The second-order valence-electron chi connectivity index (χ2n) is 5.73. The summed E-state index contributed by atoms with van der Waals surface area (Å²) in [5, 5.41) is 21.9. The summed E-state index contributed by atoms with van der Waals surface area (Å²) in [5.41, 5.74) is 0.951. The fraction of sp³-hybridized carbons (Fsp3) is 0. The molecule has 0 unspecified atom stereocenters. The molecule has 28 heavy (non-hydrogen) atoms. The van der Waals surface area contributed by atoms with Crippen molar-refractivity contribution in [3.63, 3.8) is 0 Å². The van der Waals surface area contributed by atoms with Crippen molar-refractivity contribution in [2.24, 2.45) is 0 Å². The van der Waals surface area contributed by atoms with E-state index in [9.17, 15) is 14.7 Å². The predicted octanol–water partition coefficient (Wildman–Crippen LogP) is 2.94. The molecule has 0 bridgehead atoms. The van der Waals surface area contributed by atoms with Crippen LogP contribution in [0.4, 0.5) is 5.69 Å². The molecular weight excluding hydrogens is 364 g/mol. The molecule has 1 amide bonds. The molecule has 0 saturated carbocycles. The summed E-state index contributed by atoms with van der Waals surface area (Å²) < 4.78 is 5.65. The maximum atomic E-state index is 12.4. The molecule has 2 heterocycles. The molecule has 138 valence electrons. The summed E-state index contributed by atoms with van der Waals surface area (Å²) >= 11 is 0. The minimum atomic E-state index is -1.36. The number of carbonyl (C=O) groups is 2. The molecule has 3 N–H and O–H groups in total. The molecular formula is C19H12N4O5. The third kappa shape index (κ3) is 3.12. The number of para-hydroxylation sites is 2. The Hall–Kier alpha value is -4.27. The van der Waals surface area contributed by atoms with E-state index in [-0.39, 0.29) is 22.9 Å². The van der Waals surface area contributed by atoms with Gasteiger partial charge in [0, 0.05) is 18.1 Å². The number of carboxylic acids is 1. The van der Waals surface area contributed by atoms with Crippen LogP contribution in [0.25, 0.3) is 22.6 Å². The van der Waals surface area contributed by atoms with Gasteiger partial charge >= 0.3 is 5.97 Å². The zero-order chi connectivity index (χ0) is 19.7. The largest absolute Gasteiger partial charge is 0.507 e. The first-order chi connectivity index (χ1) is 13.5. The predicted molar refractivity (Wildman–Crippen MR) is 98.1 cm³/mol. The zero-order valence-corrected chi connectivity index (χ0v) is 14.2. The number of fused-ring (bicyclic) bond motifs is 1. The van der Waals surface area contributed by atoms with Crippen LogP contribution < -0.4 is 5.32 Å². The summed E-state index contributed by atoms with van der Waals surface area (Å²) in [5.74, 6) is -2.02. The van der Waals surface area contributed by atoms with Gasteiger partial charge in [-0.1, -0.05) is 12.1 Å². The monoisotopic (exact) mass is 376 g/mol. The van der Waals surface area contributed by atoms with Crippen LogP contribution in [0, 0.1) is 0 Å².